The van der Waals surface area contributed by atoms with Crippen LogP contribution in [-0.4, -0.2) is 106 Å². The van der Waals surface area contributed by atoms with Gasteiger partial charge in [0.1, 0.15) is 23.7 Å². The van der Waals surface area contributed by atoms with Gasteiger partial charge in [0.25, 0.3) is 0 Å². The smallest absolute Gasteiger partial charge is 0.407 e. The number of nitrogens with one attached hydrogen (secondary N) is 4. The van der Waals surface area contributed by atoms with Gasteiger partial charge in [-0.3, -0.25) is 9.59 Å². The Morgan fingerprint density at radius 3 is 2.18 bits per heavy atom. The van der Waals surface area contributed by atoms with Crippen LogP contribution in [0, 0.1) is 23.7 Å². The second kappa shape index (κ2) is 21.8. The van der Waals surface area contributed by atoms with Gasteiger partial charge in [-0.05, 0) is 107 Å². The number of methoxy groups -OCH3 is 2. The summed E-state index contributed by atoms with van der Waals surface area (Å²) in [6.45, 7) is 13.7. The van der Waals surface area contributed by atoms with E-state index in [1.807, 2.05) is 47.6 Å². The molecule has 2 fully saturated rings. The number of hydrogen-bond acceptors (Lipinski definition) is 9. The Bertz CT molecular complexity index is 2680. The van der Waals surface area contributed by atoms with E-state index < -0.39 is 36.4 Å². The summed E-state index contributed by atoms with van der Waals surface area (Å²) in [6, 6.07) is 14.3. The zero-order valence-electron chi connectivity index (χ0n) is 40.0. The van der Waals surface area contributed by atoms with Crippen LogP contribution in [0.3, 0.4) is 0 Å². The highest BCUT2D eigenvalue weighted by atomic mass is 16.5. The molecule has 4 atom stereocenters. The van der Waals surface area contributed by atoms with E-state index in [0.29, 0.717) is 63.1 Å². The first-order valence-electron chi connectivity index (χ1n) is 23.5. The molecular weight excluding hydrogens is 849 g/mol. The van der Waals surface area contributed by atoms with Crippen LogP contribution in [-0.2, 0) is 23.8 Å². The average Bonchev–Trinajstić information content (AvgIpc) is 3.84. The van der Waals surface area contributed by atoms with Crippen LogP contribution in [0.5, 0.6) is 0 Å². The maximum Gasteiger partial charge on any atom is 0.407 e. The molecule has 2 aromatic heterocycles. The molecule has 1 saturated heterocycles. The third-order valence-corrected chi connectivity index (χ3v) is 12.6. The van der Waals surface area contributed by atoms with E-state index in [1.54, 1.807) is 22.1 Å². The maximum absolute atomic E-state index is 14.3. The predicted octanol–water partition coefficient (Wildman–Crippen LogP) is 8.98. The van der Waals surface area contributed by atoms with Gasteiger partial charge in [-0.25, -0.2) is 19.6 Å². The minimum Gasteiger partial charge on any atom is -0.453 e. The molecule has 2 aliphatic rings. The summed E-state index contributed by atoms with van der Waals surface area (Å²) in [5.41, 5.74) is 7.17. The highest BCUT2D eigenvalue weighted by Gasteiger charge is 2.37. The molecule has 354 valence electrons. The van der Waals surface area contributed by atoms with E-state index >= 15 is 0 Å². The van der Waals surface area contributed by atoms with Crippen molar-refractivity contribution in [3.63, 3.8) is 0 Å². The largest absolute Gasteiger partial charge is 0.453 e. The van der Waals surface area contributed by atoms with Crippen molar-refractivity contribution in [1.82, 2.24) is 40.4 Å². The lowest BCUT2D eigenvalue weighted by Gasteiger charge is -2.36. The first-order valence-corrected chi connectivity index (χ1v) is 23.5. The summed E-state index contributed by atoms with van der Waals surface area (Å²) < 4.78 is 15.3. The Morgan fingerprint density at radius 1 is 0.836 bits per heavy atom. The van der Waals surface area contributed by atoms with Gasteiger partial charge in [-0.2, -0.15) is 0 Å². The van der Waals surface area contributed by atoms with Crippen LogP contribution in [0.25, 0.3) is 44.2 Å². The van der Waals surface area contributed by atoms with E-state index in [4.69, 9.17) is 24.2 Å². The van der Waals surface area contributed by atoms with Crippen LogP contribution in [0.1, 0.15) is 109 Å². The first kappa shape index (κ1) is 48.3. The van der Waals surface area contributed by atoms with Gasteiger partial charge in [0, 0.05) is 48.7 Å². The van der Waals surface area contributed by atoms with Crippen molar-refractivity contribution in [2.24, 2.45) is 11.8 Å². The number of carbonyl (C=O) groups excluding carboxylic acids is 4. The van der Waals surface area contributed by atoms with Gasteiger partial charge in [-0.1, -0.05) is 67.7 Å². The maximum atomic E-state index is 14.3. The number of imidazole rings is 2. The molecule has 4 unspecified atom stereocenters. The van der Waals surface area contributed by atoms with Crippen LogP contribution < -0.4 is 10.6 Å². The lowest BCUT2D eigenvalue weighted by Crippen LogP contribution is -2.54. The molecule has 4 N–H and O–H groups in total. The fourth-order valence-electron chi connectivity index (χ4n) is 8.79. The summed E-state index contributed by atoms with van der Waals surface area (Å²) in [7, 11) is 2.58. The number of hydrogen-bond donors (Lipinski definition) is 4. The third-order valence-electron chi connectivity index (χ3n) is 12.6. The van der Waals surface area contributed by atoms with E-state index in [2.05, 4.69) is 74.9 Å². The third kappa shape index (κ3) is 11.3. The number of aromatic amines is 2. The summed E-state index contributed by atoms with van der Waals surface area (Å²) in [5, 5.41) is 7.48. The molecule has 3 aromatic carbocycles. The number of amides is 4. The number of benzene rings is 3. The standard InChI is InChI=1S/C52H64N8O7/c1-9-23-59(49(61)43(27-31(3)4)56-51(63)65-7)33(6)48-54-42-20-17-38-28-37(15-19-41(38)46(42)57-48)40-18-16-39(29-36(40)14-13-34-11-12-34)44-30-53-47(55-44)32(5)60(24-10-2)50(62)45(58-52(64)66-8)35-21-25-67-26-22-35/h15-20,27-30,32-35,43,45H,9-12,21-26H2,1-8H3,(H,53,55)(H,54,57)(H,56,63)(H,58,64). The Labute approximate surface area is 392 Å². The Morgan fingerprint density at radius 2 is 1.51 bits per heavy atom. The molecule has 1 aliphatic heterocycles. The summed E-state index contributed by atoms with van der Waals surface area (Å²) in [5.74, 6) is 8.16. The monoisotopic (exact) mass is 912 g/mol. The summed E-state index contributed by atoms with van der Waals surface area (Å²) in [6.07, 6.45) is 7.19. The highest BCUT2D eigenvalue weighted by Crippen LogP contribution is 2.35. The predicted molar refractivity (Wildman–Crippen MR) is 259 cm³/mol. The number of carbonyl (C=O) groups is 4. The van der Waals surface area contributed by atoms with Gasteiger partial charge >= 0.3 is 12.2 Å². The van der Waals surface area contributed by atoms with Crippen LogP contribution in [0.4, 0.5) is 9.59 Å². The van der Waals surface area contributed by atoms with Crippen molar-refractivity contribution in [3.8, 4) is 34.2 Å². The number of alkyl carbamates (subject to hydrolysis) is 2. The fraction of sp³-hybridized carbons (Fsp3) is 0.462. The molecule has 67 heavy (non-hydrogen) atoms. The quantitative estimate of drug-likeness (QED) is 0.0554. The number of aromatic nitrogens is 4. The molecule has 15 nitrogen and oxygen atoms in total. The Balaban J connectivity index is 1.16. The van der Waals surface area contributed by atoms with Gasteiger partial charge in [-0.15, -0.1) is 0 Å². The highest BCUT2D eigenvalue weighted by molar-refractivity contribution is 6.05. The van der Waals surface area contributed by atoms with E-state index in [-0.39, 0.29) is 17.7 Å². The van der Waals surface area contributed by atoms with Crippen molar-refractivity contribution >= 4 is 45.8 Å². The number of nitrogens with zero attached hydrogens (tertiary/aromatic N) is 4. The lowest BCUT2D eigenvalue weighted by atomic mass is 9.90. The first-order chi connectivity index (χ1) is 32.3. The molecular formula is C52H64N8O7. The zero-order valence-corrected chi connectivity index (χ0v) is 40.0. The summed E-state index contributed by atoms with van der Waals surface area (Å²) in [4.78, 5) is 73.3. The Kier molecular flexibility index (Phi) is 15.7. The van der Waals surface area contributed by atoms with Crippen LogP contribution in [0.15, 0.2) is 66.4 Å². The topological polar surface area (TPSA) is 184 Å². The molecule has 1 saturated carbocycles. The van der Waals surface area contributed by atoms with E-state index in [0.717, 1.165) is 74.6 Å². The molecule has 1 aliphatic carbocycles. The van der Waals surface area contributed by atoms with E-state index in [9.17, 15) is 19.2 Å². The van der Waals surface area contributed by atoms with Crippen molar-refractivity contribution in [2.45, 2.75) is 104 Å². The van der Waals surface area contributed by atoms with Crippen LogP contribution >= 0.6 is 0 Å². The van der Waals surface area contributed by atoms with Crippen molar-refractivity contribution in [1.29, 1.82) is 0 Å². The number of allylic oxidation sites excluding steroid dienone is 1. The Hall–Kier alpha value is -6.66. The van der Waals surface area contributed by atoms with E-state index in [1.165, 1.54) is 14.2 Å². The number of ether oxygens (including phenoxy) is 3. The summed E-state index contributed by atoms with van der Waals surface area (Å²) >= 11 is 0. The fourth-order valence-corrected chi connectivity index (χ4v) is 8.79. The molecule has 0 radical (unpaired) electrons. The molecule has 3 heterocycles. The molecule has 4 amide bonds. The minimum atomic E-state index is -0.887. The zero-order chi connectivity index (χ0) is 47.8. The van der Waals surface area contributed by atoms with Gasteiger partial charge in [0.2, 0.25) is 11.8 Å². The SMILES string of the molecule is CCCN(C(=O)C(C=C(C)C)NC(=O)OC)C(C)c1nc2c(ccc3cc(-c4ccc(-c5cnc(C(C)N(CCC)C(=O)C(NC(=O)OC)C6CCOCC6)[nH]5)cc4C#CC4CC4)ccc32)[nH]1. The minimum absolute atomic E-state index is 0.0742. The molecule has 0 bridgehead atoms. The second-order valence-electron chi connectivity index (χ2n) is 17.8. The second-order valence-corrected chi connectivity index (χ2v) is 17.8. The van der Waals surface area contributed by atoms with Crippen molar-refractivity contribution < 1.29 is 33.4 Å². The molecule has 7 rings (SSSR count). The lowest BCUT2D eigenvalue weighted by molar-refractivity contribution is -0.138. The molecule has 15 heteroatoms. The average molecular weight is 913 g/mol. The van der Waals surface area contributed by atoms with Gasteiger partial charge in [0.05, 0.1) is 49.2 Å². The molecule has 5 aromatic rings. The van der Waals surface area contributed by atoms with Gasteiger partial charge < -0.3 is 44.6 Å². The normalized spacial score (nSPS) is 15.6. The van der Waals surface area contributed by atoms with Gasteiger partial charge in [0.15, 0.2) is 0 Å². The number of H-pyrrole nitrogens is 2. The van der Waals surface area contributed by atoms with Crippen molar-refractivity contribution in [3.05, 3.63) is 83.6 Å². The number of fused-ring (bicyclic) bond motifs is 3. The molecule has 0 spiro atoms. The van der Waals surface area contributed by atoms with Crippen LogP contribution in [0.2, 0.25) is 0 Å². The number of rotatable bonds is 16. The van der Waals surface area contributed by atoms with Crippen molar-refractivity contribution in [2.75, 3.05) is 40.5 Å².